The van der Waals surface area contributed by atoms with E-state index in [4.69, 9.17) is 5.26 Å². The summed E-state index contributed by atoms with van der Waals surface area (Å²) >= 11 is 0. The lowest BCUT2D eigenvalue weighted by molar-refractivity contribution is 0.102. The van der Waals surface area contributed by atoms with Crippen molar-refractivity contribution in [1.29, 1.82) is 5.26 Å². The van der Waals surface area contributed by atoms with Crippen LogP contribution in [0.4, 0.5) is 5.69 Å². The van der Waals surface area contributed by atoms with Gasteiger partial charge in [-0.2, -0.15) is 15.5 Å². The van der Waals surface area contributed by atoms with Gasteiger partial charge in [0.05, 0.1) is 46.3 Å². The van der Waals surface area contributed by atoms with E-state index < -0.39 is 0 Å². The molecule has 2 aromatic carbocycles. The monoisotopic (exact) mass is 462 g/mol. The van der Waals surface area contributed by atoms with Crippen LogP contribution in [0.3, 0.4) is 0 Å². The second kappa shape index (κ2) is 8.83. The number of carbonyl (C=O) groups excluding carboxylic acids is 1. The third kappa shape index (κ3) is 4.13. The fraction of sp³-hybridized carbons (Fsp3) is 0.154. The predicted octanol–water partition coefficient (Wildman–Crippen LogP) is 4.02. The highest BCUT2D eigenvalue weighted by Gasteiger charge is 2.19. The average molecular weight is 463 g/mol. The predicted molar refractivity (Wildman–Crippen MR) is 132 cm³/mol. The molecular weight excluding hydrogens is 440 g/mol. The number of carbonyl (C=O) groups is 1. The first kappa shape index (κ1) is 22.0. The number of fused-ring (bicyclic) bond motifs is 1. The summed E-state index contributed by atoms with van der Waals surface area (Å²) in [5.41, 5.74) is 5.61. The number of aromatic nitrogens is 6. The van der Waals surface area contributed by atoms with E-state index in [0.29, 0.717) is 40.4 Å². The van der Waals surface area contributed by atoms with Crippen LogP contribution in [0.25, 0.3) is 22.4 Å². The van der Waals surface area contributed by atoms with Gasteiger partial charge in [0.2, 0.25) is 0 Å². The van der Waals surface area contributed by atoms with E-state index in [2.05, 4.69) is 31.6 Å². The minimum atomic E-state index is -0.254. The summed E-state index contributed by atoms with van der Waals surface area (Å²) in [6.45, 7) is 4.32. The molecule has 9 nitrogen and oxygen atoms in total. The highest BCUT2D eigenvalue weighted by molar-refractivity contribution is 6.13. The summed E-state index contributed by atoms with van der Waals surface area (Å²) in [6.07, 6.45) is 1.46. The fourth-order valence-corrected chi connectivity index (χ4v) is 4.08. The van der Waals surface area contributed by atoms with Crippen molar-refractivity contribution in [2.45, 2.75) is 20.4 Å². The molecule has 0 saturated carbocycles. The van der Waals surface area contributed by atoms with E-state index in [9.17, 15) is 4.79 Å². The quantitative estimate of drug-likeness (QED) is 0.422. The molecule has 3 heterocycles. The Bertz CT molecular complexity index is 1610. The van der Waals surface area contributed by atoms with Crippen LogP contribution >= 0.6 is 0 Å². The molecule has 0 spiro atoms. The van der Waals surface area contributed by atoms with Gasteiger partial charge in [-0.3, -0.25) is 9.48 Å². The fourth-order valence-electron chi connectivity index (χ4n) is 4.08. The number of hydrogen-bond donors (Lipinski definition) is 1. The molecule has 0 aliphatic carbocycles. The highest BCUT2D eigenvalue weighted by Crippen LogP contribution is 2.26. The molecule has 3 aromatic heterocycles. The minimum Gasteiger partial charge on any atom is -0.319 e. The lowest BCUT2D eigenvalue weighted by Crippen LogP contribution is -2.15. The molecule has 0 fully saturated rings. The highest BCUT2D eigenvalue weighted by atomic mass is 16.1. The van der Waals surface area contributed by atoms with Gasteiger partial charge in [-0.25, -0.2) is 14.6 Å². The van der Waals surface area contributed by atoms with Crippen molar-refractivity contribution in [1.82, 2.24) is 29.5 Å². The minimum absolute atomic E-state index is 0.254. The summed E-state index contributed by atoms with van der Waals surface area (Å²) in [4.78, 5) is 22.5. The van der Waals surface area contributed by atoms with Crippen molar-refractivity contribution < 1.29 is 4.79 Å². The van der Waals surface area contributed by atoms with Crippen molar-refractivity contribution in [3.05, 3.63) is 89.0 Å². The third-order valence-electron chi connectivity index (χ3n) is 5.94. The second-order valence-corrected chi connectivity index (χ2v) is 8.25. The van der Waals surface area contributed by atoms with Crippen molar-refractivity contribution >= 4 is 22.5 Å². The normalized spacial score (nSPS) is 10.9. The van der Waals surface area contributed by atoms with E-state index >= 15 is 0 Å². The average Bonchev–Trinajstić information content (AvgIpc) is 3.41. The number of nitrogens with one attached hydrogen (secondary N) is 1. The second-order valence-electron chi connectivity index (χ2n) is 8.25. The van der Waals surface area contributed by atoms with Gasteiger partial charge in [0.25, 0.3) is 5.91 Å². The zero-order valence-corrected chi connectivity index (χ0v) is 19.5. The largest absolute Gasteiger partial charge is 0.319 e. The number of pyridine rings is 1. The van der Waals surface area contributed by atoms with Gasteiger partial charge in [-0.05, 0) is 43.7 Å². The molecule has 5 aromatic rings. The summed E-state index contributed by atoms with van der Waals surface area (Å²) < 4.78 is 3.47. The smallest absolute Gasteiger partial charge is 0.256 e. The zero-order chi connectivity index (χ0) is 24.5. The Balaban J connectivity index is 1.48. The molecule has 0 radical (unpaired) electrons. The number of para-hydroxylation sites is 1. The van der Waals surface area contributed by atoms with Gasteiger partial charge in [0, 0.05) is 12.4 Å². The number of hydrogen-bond acceptors (Lipinski definition) is 6. The number of amides is 1. The van der Waals surface area contributed by atoms with Crippen LogP contribution in [0.2, 0.25) is 0 Å². The van der Waals surface area contributed by atoms with Crippen LogP contribution in [0, 0.1) is 25.2 Å². The van der Waals surface area contributed by atoms with Crippen LogP contribution in [-0.4, -0.2) is 35.4 Å². The SMILES string of the molecule is Cc1nn(Cc2ccc(C#N)cc2)c(C)c1NC(=O)c1cc(-c2ncnn2C)nc2ccccc12. The van der Waals surface area contributed by atoms with E-state index in [1.54, 1.807) is 29.9 Å². The van der Waals surface area contributed by atoms with E-state index in [0.717, 1.165) is 22.3 Å². The molecule has 0 aliphatic rings. The molecule has 5 rings (SSSR count). The van der Waals surface area contributed by atoms with Gasteiger partial charge >= 0.3 is 0 Å². The van der Waals surface area contributed by atoms with Gasteiger partial charge in [0.1, 0.15) is 12.0 Å². The number of nitriles is 1. The number of benzene rings is 2. The molecule has 0 bridgehead atoms. The van der Waals surface area contributed by atoms with E-state index in [-0.39, 0.29) is 5.91 Å². The molecular formula is C26H22N8O. The molecule has 0 atom stereocenters. The molecule has 35 heavy (non-hydrogen) atoms. The maximum Gasteiger partial charge on any atom is 0.256 e. The Morgan fingerprint density at radius 1 is 1.11 bits per heavy atom. The van der Waals surface area contributed by atoms with Crippen molar-refractivity contribution in [2.24, 2.45) is 7.05 Å². The third-order valence-corrected chi connectivity index (χ3v) is 5.94. The first-order valence-corrected chi connectivity index (χ1v) is 11.0. The van der Waals surface area contributed by atoms with Gasteiger partial charge in [-0.15, -0.1) is 0 Å². The molecule has 0 saturated heterocycles. The molecule has 0 unspecified atom stereocenters. The molecule has 1 N–H and O–H groups in total. The maximum atomic E-state index is 13.5. The first-order chi connectivity index (χ1) is 16.9. The summed E-state index contributed by atoms with van der Waals surface area (Å²) in [6, 6.07) is 18.8. The Morgan fingerprint density at radius 3 is 2.60 bits per heavy atom. The first-order valence-electron chi connectivity index (χ1n) is 11.0. The number of nitrogens with zero attached hydrogens (tertiary/aromatic N) is 7. The topological polar surface area (TPSA) is 114 Å². The number of anilines is 1. The summed E-state index contributed by atoms with van der Waals surface area (Å²) in [7, 11) is 1.79. The van der Waals surface area contributed by atoms with Crippen LogP contribution in [0.5, 0.6) is 0 Å². The molecule has 172 valence electrons. The van der Waals surface area contributed by atoms with E-state index in [1.165, 1.54) is 6.33 Å². The summed E-state index contributed by atoms with van der Waals surface area (Å²) in [5, 5.41) is 21.6. The number of aryl methyl sites for hydroxylation is 2. The van der Waals surface area contributed by atoms with Crippen LogP contribution in [0.1, 0.15) is 32.9 Å². The van der Waals surface area contributed by atoms with Crippen LogP contribution in [0.15, 0.2) is 60.9 Å². The lowest BCUT2D eigenvalue weighted by atomic mass is 10.1. The van der Waals surface area contributed by atoms with Gasteiger partial charge < -0.3 is 5.32 Å². The van der Waals surface area contributed by atoms with Crippen LogP contribution in [-0.2, 0) is 13.6 Å². The van der Waals surface area contributed by atoms with Crippen molar-refractivity contribution in [2.75, 3.05) is 5.32 Å². The molecule has 0 aliphatic heterocycles. The Morgan fingerprint density at radius 2 is 1.89 bits per heavy atom. The summed E-state index contributed by atoms with van der Waals surface area (Å²) in [5.74, 6) is 0.323. The van der Waals surface area contributed by atoms with Gasteiger partial charge in [-0.1, -0.05) is 30.3 Å². The number of rotatable bonds is 5. The van der Waals surface area contributed by atoms with Crippen molar-refractivity contribution in [3.8, 4) is 17.6 Å². The lowest BCUT2D eigenvalue weighted by Gasteiger charge is -2.11. The maximum absolute atomic E-state index is 13.5. The Labute approximate surface area is 201 Å². The zero-order valence-electron chi connectivity index (χ0n) is 19.5. The Hall–Kier alpha value is -4.84. The molecule has 9 heteroatoms. The standard InChI is InChI=1S/C26H22N8O/c1-16-24(17(2)34(32-16)14-19-10-8-18(13-27)9-11-19)31-26(35)21-12-23(25-28-15-29-33(25)3)30-22-7-5-4-6-20(21)22/h4-12,15H,14H2,1-3H3,(H,31,35). The van der Waals surface area contributed by atoms with Crippen LogP contribution < -0.4 is 5.32 Å². The van der Waals surface area contributed by atoms with Gasteiger partial charge in [0.15, 0.2) is 5.82 Å². The Kier molecular flexibility index (Phi) is 5.55. The van der Waals surface area contributed by atoms with Crippen molar-refractivity contribution in [3.63, 3.8) is 0 Å². The molecule has 1 amide bonds. The van der Waals surface area contributed by atoms with E-state index in [1.807, 2.05) is 54.9 Å².